The molecule has 1 saturated carbocycles. The Morgan fingerprint density at radius 2 is 1.96 bits per heavy atom. The Morgan fingerprint density at radius 1 is 1.14 bits per heavy atom. The number of aromatic nitrogens is 3. The van der Waals surface area contributed by atoms with Gasteiger partial charge in [-0.05, 0) is 61.6 Å². The minimum Gasteiger partial charge on any atom is -0.447 e. The second-order valence-electron chi connectivity index (χ2n) is 7.27. The van der Waals surface area contributed by atoms with Crippen LogP contribution in [0.5, 0.6) is 0 Å². The molecular weight excluding hydrogens is 356 g/mol. The molecule has 3 aromatic rings. The van der Waals surface area contributed by atoms with E-state index < -0.39 is 0 Å². The maximum absolute atomic E-state index is 11.7. The van der Waals surface area contributed by atoms with Crippen LogP contribution in [0.15, 0.2) is 42.7 Å². The first-order chi connectivity index (χ1) is 13.8. The van der Waals surface area contributed by atoms with Gasteiger partial charge in [0.25, 0.3) is 0 Å². The first-order valence-corrected chi connectivity index (χ1v) is 9.77. The largest absolute Gasteiger partial charge is 0.447 e. The van der Waals surface area contributed by atoms with E-state index in [-0.39, 0.29) is 6.09 Å². The summed E-state index contributed by atoms with van der Waals surface area (Å²) in [7, 11) is 0. The van der Waals surface area contributed by atoms with E-state index in [1.165, 1.54) is 19.3 Å². The fourth-order valence-corrected chi connectivity index (χ4v) is 3.58. The van der Waals surface area contributed by atoms with Gasteiger partial charge in [0.2, 0.25) is 0 Å². The number of ether oxygens (including phenoxy) is 2. The number of pyridine rings is 1. The van der Waals surface area contributed by atoms with E-state index in [1.807, 2.05) is 41.3 Å². The number of benzene rings is 1. The highest BCUT2D eigenvalue weighted by Gasteiger charge is 2.23. The molecule has 2 aliphatic rings. The van der Waals surface area contributed by atoms with Crippen LogP contribution < -0.4 is 4.90 Å². The van der Waals surface area contributed by atoms with Crippen molar-refractivity contribution in [2.45, 2.75) is 31.8 Å². The lowest BCUT2D eigenvalue weighted by Crippen LogP contribution is -2.23. The Bertz CT molecular complexity index is 995. The fraction of sp³-hybridized carbons (Fsp3) is 0.381. The summed E-state index contributed by atoms with van der Waals surface area (Å²) in [6.45, 7) is 1.76. The van der Waals surface area contributed by atoms with E-state index >= 15 is 0 Å². The second kappa shape index (κ2) is 7.24. The highest BCUT2D eigenvalue weighted by molar-refractivity contribution is 5.89. The summed E-state index contributed by atoms with van der Waals surface area (Å²) in [5.74, 6) is 0. The van der Waals surface area contributed by atoms with Crippen molar-refractivity contribution >= 4 is 22.8 Å². The third-order valence-electron chi connectivity index (χ3n) is 5.43. The summed E-state index contributed by atoms with van der Waals surface area (Å²) in [5.41, 5.74) is 3.70. The minimum absolute atomic E-state index is 0.298. The minimum atomic E-state index is -0.298. The van der Waals surface area contributed by atoms with Gasteiger partial charge in [0.1, 0.15) is 6.61 Å². The lowest BCUT2D eigenvalue weighted by molar-refractivity contribution is 0.00412. The molecule has 1 saturated heterocycles. The molecule has 0 spiro atoms. The van der Waals surface area contributed by atoms with Gasteiger partial charge in [-0.15, -0.1) is 0 Å². The Labute approximate surface area is 162 Å². The van der Waals surface area contributed by atoms with Gasteiger partial charge in [0, 0.05) is 17.3 Å². The van der Waals surface area contributed by atoms with Crippen molar-refractivity contribution in [3.63, 3.8) is 0 Å². The van der Waals surface area contributed by atoms with Gasteiger partial charge in [0.15, 0.2) is 5.65 Å². The molecule has 28 heavy (non-hydrogen) atoms. The number of hydrogen-bond acceptors (Lipinski definition) is 5. The van der Waals surface area contributed by atoms with Gasteiger partial charge < -0.3 is 9.47 Å². The molecule has 1 aliphatic heterocycles. The molecule has 2 aromatic heterocycles. The summed E-state index contributed by atoms with van der Waals surface area (Å²) in [6, 6.07) is 9.82. The van der Waals surface area contributed by atoms with Crippen LogP contribution >= 0.6 is 0 Å². The predicted octanol–water partition coefficient (Wildman–Crippen LogP) is 3.49. The van der Waals surface area contributed by atoms with Crippen LogP contribution in [0.25, 0.3) is 16.7 Å². The number of hydrogen-bond donors (Lipinski definition) is 0. The van der Waals surface area contributed by atoms with Crippen LogP contribution in [0.3, 0.4) is 0 Å². The molecule has 0 radical (unpaired) electrons. The number of fused-ring (bicyclic) bond motifs is 1. The first kappa shape index (κ1) is 17.2. The van der Waals surface area contributed by atoms with Crippen LogP contribution in [0, 0.1) is 0 Å². The van der Waals surface area contributed by atoms with Gasteiger partial charge >= 0.3 is 6.09 Å². The molecule has 1 amide bonds. The van der Waals surface area contributed by atoms with Gasteiger partial charge in [0.05, 0.1) is 31.1 Å². The zero-order valence-electron chi connectivity index (χ0n) is 15.6. The topological polar surface area (TPSA) is 69.5 Å². The van der Waals surface area contributed by atoms with Crippen molar-refractivity contribution in [2.24, 2.45) is 0 Å². The SMILES string of the molecule is O=C1OCCN1c1ccc(-n2ncc3cc(CCOC4CCC4)cnc32)cc1. The molecule has 144 valence electrons. The molecule has 7 heteroatoms. The van der Waals surface area contributed by atoms with E-state index in [2.05, 4.69) is 16.1 Å². The van der Waals surface area contributed by atoms with Crippen molar-refractivity contribution in [3.8, 4) is 5.69 Å². The highest BCUT2D eigenvalue weighted by atomic mass is 16.6. The average molecular weight is 378 g/mol. The molecule has 5 rings (SSSR count). The Hall–Kier alpha value is -2.93. The Kier molecular flexibility index (Phi) is 4.44. The van der Waals surface area contributed by atoms with Crippen molar-refractivity contribution in [2.75, 3.05) is 24.7 Å². The molecule has 3 heterocycles. The van der Waals surface area contributed by atoms with Crippen molar-refractivity contribution in [1.82, 2.24) is 14.8 Å². The van der Waals surface area contributed by atoms with Crippen LogP contribution in [0.1, 0.15) is 24.8 Å². The summed E-state index contributed by atoms with van der Waals surface area (Å²) in [5, 5.41) is 5.51. The quantitative estimate of drug-likeness (QED) is 0.657. The maximum atomic E-state index is 11.7. The Morgan fingerprint density at radius 3 is 2.68 bits per heavy atom. The Balaban J connectivity index is 1.32. The summed E-state index contributed by atoms with van der Waals surface area (Å²) in [4.78, 5) is 17.9. The van der Waals surface area contributed by atoms with Gasteiger partial charge in [-0.1, -0.05) is 0 Å². The van der Waals surface area contributed by atoms with Crippen molar-refractivity contribution in [1.29, 1.82) is 0 Å². The number of nitrogens with zero attached hydrogens (tertiary/aromatic N) is 4. The number of rotatable bonds is 6. The standard InChI is InChI=1S/C21H22N4O3/c26-21-24(9-11-28-21)17-4-6-18(7-5-17)25-20-16(14-23-25)12-15(13-22-20)8-10-27-19-2-1-3-19/h4-7,12-14,19H,1-3,8-11H2. The number of anilines is 1. The first-order valence-electron chi connectivity index (χ1n) is 9.77. The van der Waals surface area contributed by atoms with Crippen molar-refractivity contribution < 1.29 is 14.3 Å². The summed E-state index contributed by atoms with van der Waals surface area (Å²) in [6.07, 6.45) is 8.46. The highest BCUT2D eigenvalue weighted by Crippen LogP contribution is 2.24. The third-order valence-corrected chi connectivity index (χ3v) is 5.43. The smallest absolute Gasteiger partial charge is 0.414 e. The predicted molar refractivity (Wildman–Crippen MR) is 105 cm³/mol. The second-order valence-corrected chi connectivity index (χ2v) is 7.27. The van der Waals surface area contributed by atoms with E-state index in [1.54, 1.807) is 4.90 Å². The molecule has 0 bridgehead atoms. The summed E-state index contributed by atoms with van der Waals surface area (Å²) >= 11 is 0. The lowest BCUT2D eigenvalue weighted by atomic mass is 9.96. The fourth-order valence-electron chi connectivity index (χ4n) is 3.58. The van der Waals surface area contributed by atoms with Crippen LogP contribution in [0.2, 0.25) is 0 Å². The molecular formula is C21H22N4O3. The van der Waals surface area contributed by atoms with Gasteiger partial charge in [-0.3, -0.25) is 4.90 Å². The normalized spacial score (nSPS) is 17.1. The molecule has 1 aromatic carbocycles. The van der Waals surface area contributed by atoms with Crippen LogP contribution in [0.4, 0.5) is 10.5 Å². The zero-order valence-corrected chi connectivity index (χ0v) is 15.6. The third kappa shape index (κ3) is 3.22. The number of cyclic esters (lactones) is 1. The molecule has 2 fully saturated rings. The van der Waals surface area contributed by atoms with Gasteiger partial charge in [-0.2, -0.15) is 5.10 Å². The van der Waals surface area contributed by atoms with E-state index in [9.17, 15) is 4.79 Å². The zero-order chi connectivity index (χ0) is 18.9. The van der Waals surface area contributed by atoms with Crippen LogP contribution in [-0.4, -0.2) is 46.7 Å². The molecule has 7 nitrogen and oxygen atoms in total. The van der Waals surface area contributed by atoms with Crippen LogP contribution in [-0.2, 0) is 15.9 Å². The van der Waals surface area contributed by atoms with Crippen molar-refractivity contribution in [3.05, 3.63) is 48.3 Å². The molecule has 0 N–H and O–H groups in total. The van der Waals surface area contributed by atoms with Gasteiger partial charge in [-0.25, -0.2) is 14.5 Å². The number of carbonyl (C=O) groups is 1. The maximum Gasteiger partial charge on any atom is 0.414 e. The van der Waals surface area contributed by atoms with E-state index in [0.717, 1.165) is 41.0 Å². The van der Waals surface area contributed by atoms with E-state index in [0.29, 0.717) is 19.3 Å². The monoisotopic (exact) mass is 378 g/mol. The molecule has 1 aliphatic carbocycles. The van der Waals surface area contributed by atoms with E-state index in [4.69, 9.17) is 9.47 Å². The molecule has 0 unspecified atom stereocenters. The molecule has 0 atom stereocenters. The number of amides is 1. The average Bonchev–Trinajstić information content (AvgIpc) is 3.30. The number of carbonyl (C=O) groups excluding carboxylic acids is 1. The lowest BCUT2D eigenvalue weighted by Gasteiger charge is -2.25. The summed E-state index contributed by atoms with van der Waals surface area (Å²) < 4.78 is 12.7.